The van der Waals surface area contributed by atoms with E-state index in [-0.39, 0.29) is 5.82 Å². The van der Waals surface area contributed by atoms with Crippen molar-refractivity contribution in [1.82, 2.24) is 0 Å². The molecule has 1 aromatic carbocycles. The molecule has 1 aromatic rings. The summed E-state index contributed by atoms with van der Waals surface area (Å²) in [5, 5.41) is 0. The highest BCUT2D eigenvalue weighted by atomic mass is 19.1. The van der Waals surface area contributed by atoms with Crippen LogP contribution in [0.2, 0.25) is 0 Å². The van der Waals surface area contributed by atoms with E-state index in [1.807, 2.05) is 12.1 Å². The first kappa shape index (κ1) is 14.1. The van der Waals surface area contributed by atoms with Crippen LogP contribution in [-0.2, 0) is 6.54 Å². The van der Waals surface area contributed by atoms with Crippen molar-refractivity contribution < 1.29 is 14.2 Å². The topological polar surface area (TPSA) is 8.88 Å². The Morgan fingerprint density at radius 2 is 1.59 bits per heavy atom. The second-order valence-corrected chi connectivity index (χ2v) is 4.72. The Hall–Kier alpha value is -0.930. The van der Waals surface area contributed by atoms with Gasteiger partial charge >= 0.3 is 0 Å². The first-order valence-corrected chi connectivity index (χ1v) is 6.55. The van der Waals surface area contributed by atoms with Gasteiger partial charge in [0.15, 0.2) is 0 Å². The van der Waals surface area contributed by atoms with Gasteiger partial charge in [-0.05, 0) is 26.0 Å². The van der Waals surface area contributed by atoms with Crippen LogP contribution >= 0.6 is 0 Å². The van der Waals surface area contributed by atoms with E-state index >= 15 is 0 Å². The summed E-state index contributed by atoms with van der Waals surface area (Å²) < 4.78 is 12.8. The van der Waals surface area contributed by atoms with E-state index in [9.17, 15) is 4.39 Å². The van der Waals surface area contributed by atoms with Gasteiger partial charge in [-0.1, -0.05) is 12.1 Å². The molecule has 0 bridgehead atoms. The first-order chi connectivity index (χ1) is 8.15. The number of likely N-dealkylation sites (N-methyl/N-ethyl adjacent to an activating group) is 2. The molecular weight excluding hydrogens is 215 g/mol. The smallest absolute Gasteiger partial charge is 0.127 e. The van der Waals surface area contributed by atoms with Gasteiger partial charge in [0, 0.05) is 5.56 Å². The maximum Gasteiger partial charge on any atom is 0.127 e. The molecule has 17 heavy (non-hydrogen) atoms. The number of hydrogen-bond acceptors (Lipinski definition) is 0. The first-order valence-electron chi connectivity index (χ1n) is 6.55. The Balaban J connectivity index is 2.34. The number of halogens is 1. The van der Waals surface area contributed by atoms with E-state index in [0.29, 0.717) is 0 Å². The molecule has 1 rings (SSSR count). The monoisotopic (exact) mass is 240 g/mol. The van der Waals surface area contributed by atoms with Gasteiger partial charge in [0.25, 0.3) is 0 Å². The average Bonchev–Trinajstić information content (AvgIpc) is 2.33. The van der Waals surface area contributed by atoms with Gasteiger partial charge in [0.05, 0.1) is 20.1 Å². The summed E-state index contributed by atoms with van der Waals surface area (Å²) in [7, 11) is 2.20. The van der Waals surface area contributed by atoms with Crippen LogP contribution in [0.4, 0.5) is 4.39 Å². The summed E-state index contributed by atoms with van der Waals surface area (Å²) in [6.07, 6.45) is 0. The number of rotatable bonds is 7. The molecule has 0 aliphatic carbocycles. The van der Waals surface area contributed by atoms with Crippen LogP contribution in [0.5, 0.6) is 0 Å². The molecule has 0 radical (unpaired) electrons. The van der Waals surface area contributed by atoms with Gasteiger partial charge in [0.1, 0.15) is 25.5 Å². The summed E-state index contributed by atoms with van der Waals surface area (Å²) in [5.41, 5.74) is 1.21. The predicted octanol–water partition coefficient (Wildman–Crippen LogP) is -0.235. The zero-order valence-corrected chi connectivity index (χ0v) is 11.2. The van der Waals surface area contributed by atoms with Crippen molar-refractivity contribution in [2.75, 3.05) is 33.2 Å². The number of hydrogen-bond donors (Lipinski definition) is 2. The molecule has 2 nitrogen and oxygen atoms in total. The number of benzene rings is 1. The second kappa shape index (κ2) is 7.41. The standard InChI is InChI=1S/C14H23FN2/c1-4-17(5-2)11-10-16(3)12-13-6-8-14(15)9-7-13/h6-9H,4-5,10-12H2,1-3H3/p+2. The van der Waals surface area contributed by atoms with E-state index in [4.69, 9.17) is 0 Å². The number of quaternary nitrogens is 2. The fraction of sp³-hybridized carbons (Fsp3) is 0.571. The molecule has 2 N–H and O–H groups in total. The Morgan fingerprint density at radius 3 is 2.12 bits per heavy atom. The minimum atomic E-state index is -0.154. The largest absolute Gasteiger partial charge is 0.331 e. The molecule has 96 valence electrons. The van der Waals surface area contributed by atoms with Crippen LogP contribution in [-0.4, -0.2) is 33.2 Å². The highest BCUT2D eigenvalue weighted by Crippen LogP contribution is 2.00. The minimum Gasteiger partial charge on any atom is -0.331 e. The molecule has 0 aliphatic heterocycles. The molecule has 0 spiro atoms. The molecule has 1 atom stereocenters. The van der Waals surface area contributed by atoms with E-state index in [1.165, 1.54) is 42.2 Å². The van der Waals surface area contributed by atoms with Crippen LogP contribution in [0.15, 0.2) is 24.3 Å². The van der Waals surface area contributed by atoms with Gasteiger partial charge in [-0.15, -0.1) is 0 Å². The molecule has 0 saturated carbocycles. The minimum absolute atomic E-state index is 0.154. The molecule has 0 aliphatic rings. The lowest BCUT2D eigenvalue weighted by atomic mass is 10.2. The van der Waals surface area contributed by atoms with Crippen LogP contribution in [0.3, 0.4) is 0 Å². The van der Waals surface area contributed by atoms with E-state index in [1.54, 1.807) is 4.90 Å². The molecular formula is C14H25FN2+2. The average molecular weight is 240 g/mol. The third kappa shape index (κ3) is 5.29. The molecule has 0 heterocycles. The van der Waals surface area contributed by atoms with Crippen molar-refractivity contribution in [3.8, 4) is 0 Å². The van der Waals surface area contributed by atoms with Crippen LogP contribution < -0.4 is 9.80 Å². The molecule has 3 heteroatoms. The highest BCUT2D eigenvalue weighted by Gasteiger charge is 2.08. The van der Waals surface area contributed by atoms with E-state index in [0.717, 1.165) is 13.1 Å². The van der Waals surface area contributed by atoms with Crippen LogP contribution in [0, 0.1) is 5.82 Å². The Bertz CT molecular complexity index is 307. The molecule has 0 saturated heterocycles. The third-order valence-electron chi connectivity index (χ3n) is 3.32. The zero-order valence-electron chi connectivity index (χ0n) is 11.2. The van der Waals surface area contributed by atoms with Crippen LogP contribution in [0.25, 0.3) is 0 Å². The number of nitrogens with one attached hydrogen (secondary N) is 2. The fourth-order valence-electron chi connectivity index (χ4n) is 2.03. The van der Waals surface area contributed by atoms with Crippen molar-refractivity contribution in [2.24, 2.45) is 0 Å². The molecule has 0 amide bonds. The predicted molar refractivity (Wildman–Crippen MR) is 68.8 cm³/mol. The second-order valence-electron chi connectivity index (χ2n) is 4.72. The summed E-state index contributed by atoms with van der Waals surface area (Å²) in [6.45, 7) is 10.2. The van der Waals surface area contributed by atoms with Crippen molar-refractivity contribution in [3.63, 3.8) is 0 Å². The van der Waals surface area contributed by atoms with Crippen molar-refractivity contribution in [1.29, 1.82) is 0 Å². The highest BCUT2D eigenvalue weighted by molar-refractivity contribution is 5.14. The van der Waals surface area contributed by atoms with Crippen molar-refractivity contribution in [2.45, 2.75) is 20.4 Å². The fourth-order valence-corrected chi connectivity index (χ4v) is 2.03. The Morgan fingerprint density at radius 1 is 1.00 bits per heavy atom. The lowest BCUT2D eigenvalue weighted by molar-refractivity contribution is -0.953. The van der Waals surface area contributed by atoms with Crippen molar-refractivity contribution in [3.05, 3.63) is 35.6 Å². The molecule has 1 unspecified atom stereocenters. The van der Waals surface area contributed by atoms with Gasteiger partial charge < -0.3 is 9.80 Å². The molecule has 0 fully saturated rings. The maximum absolute atomic E-state index is 12.8. The van der Waals surface area contributed by atoms with Crippen LogP contribution in [0.1, 0.15) is 19.4 Å². The van der Waals surface area contributed by atoms with Gasteiger partial charge in [-0.3, -0.25) is 0 Å². The normalized spacial score (nSPS) is 13.0. The third-order valence-corrected chi connectivity index (χ3v) is 3.32. The Labute approximate surface area is 104 Å². The summed E-state index contributed by atoms with van der Waals surface area (Å²) in [6, 6.07) is 6.84. The molecule has 0 aromatic heterocycles. The Kier molecular flexibility index (Phi) is 6.16. The summed E-state index contributed by atoms with van der Waals surface area (Å²) in [4.78, 5) is 3.12. The summed E-state index contributed by atoms with van der Waals surface area (Å²) >= 11 is 0. The van der Waals surface area contributed by atoms with Crippen molar-refractivity contribution >= 4 is 0 Å². The maximum atomic E-state index is 12.8. The lowest BCUT2D eigenvalue weighted by Gasteiger charge is -2.19. The van der Waals surface area contributed by atoms with Gasteiger partial charge in [-0.25, -0.2) is 4.39 Å². The SMILES string of the molecule is CC[NH+](CC)CC[NH+](C)Cc1ccc(F)cc1. The van der Waals surface area contributed by atoms with E-state index < -0.39 is 0 Å². The lowest BCUT2D eigenvalue weighted by Crippen LogP contribution is -3.18. The van der Waals surface area contributed by atoms with E-state index in [2.05, 4.69) is 20.9 Å². The van der Waals surface area contributed by atoms with Gasteiger partial charge in [-0.2, -0.15) is 0 Å². The summed E-state index contributed by atoms with van der Waals surface area (Å²) in [5.74, 6) is -0.154. The van der Waals surface area contributed by atoms with Gasteiger partial charge in [0.2, 0.25) is 0 Å². The quantitative estimate of drug-likeness (QED) is 0.651. The zero-order chi connectivity index (χ0) is 12.7.